The Bertz CT molecular complexity index is 368. The summed E-state index contributed by atoms with van der Waals surface area (Å²) in [5.74, 6) is -0.210. The topological polar surface area (TPSA) is 55.1 Å². The molecule has 3 N–H and O–H groups in total. The molecule has 1 atom stereocenters. The zero-order valence-corrected chi connectivity index (χ0v) is 10.6. The van der Waals surface area contributed by atoms with Gasteiger partial charge in [-0.25, -0.2) is 0 Å². The SMILES string of the molecule is CC(N)CNC(=O)c1cccc(Br)c1Cl. The van der Waals surface area contributed by atoms with Crippen LogP contribution in [0.1, 0.15) is 17.3 Å². The summed E-state index contributed by atoms with van der Waals surface area (Å²) in [4.78, 5) is 11.7. The highest BCUT2D eigenvalue weighted by Crippen LogP contribution is 2.25. The molecule has 0 saturated heterocycles. The summed E-state index contributed by atoms with van der Waals surface area (Å²) < 4.78 is 0.706. The van der Waals surface area contributed by atoms with Gasteiger partial charge in [-0.3, -0.25) is 4.79 Å². The number of hydrogen-bond acceptors (Lipinski definition) is 2. The Balaban J connectivity index is 2.78. The standard InChI is InChI=1S/C10H12BrClN2O/c1-6(13)5-14-10(15)7-3-2-4-8(11)9(7)12/h2-4,6H,5,13H2,1H3,(H,14,15). The molecule has 5 heteroatoms. The lowest BCUT2D eigenvalue weighted by Crippen LogP contribution is -2.35. The maximum absolute atomic E-state index is 11.7. The van der Waals surface area contributed by atoms with Crippen LogP contribution in [0.5, 0.6) is 0 Å². The van der Waals surface area contributed by atoms with Crippen molar-refractivity contribution in [2.75, 3.05) is 6.54 Å². The number of hydrogen-bond donors (Lipinski definition) is 2. The van der Waals surface area contributed by atoms with Gasteiger partial charge in [0.1, 0.15) is 0 Å². The van der Waals surface area contributed by atoms with Gasteiger partial charge in [0.05, 0.1) is 10.6 Å². The van der Waals surface area contributed by atoms with Gasteiger partial charge in [-0.1, -0.05) is 17.7 Å². The molecule has 15 heavy (non-hydrogen) atoms. The Morgan fingerprint density at radius 3 is 2.93 bits per heavy atom. The summed E-state index contributed by atoms with van der Waals surface area (Å²) in [7, 11) is 0. The maximum Gasteiger partial charge on any atom is 0.252 e. The highest BCUT2D eigenvalue weighted by Gasteiger charge is 2.11. The van der Waals surface area contributed by atoms with Crippen LogP contribution >= 0.6 is 27.5 Å². The molecule has 0 saturated carbocycles. The van der Waals surface area contributed by atoms with Gasteiger partial charge in [0.25, 0.3) is 5.91 Å². The summed E-state index contributed by atoms with van der Waals surface area (Å²) in [6.45, 7) is 2.25. The molecule has 3 nitrogen and oxygen atoms in total. The summed E-state index contributed by atoms with van der Waals surface area (Å²) in [5, 5.41) is 3.11. The first-order valence-electron chi connectivity index (χ1n) is 4.50. The van der Waals surface area contributed by atoms with Crippen molar-refractivity contribution in [3.05, 3.63) is 33.3 Å². The number of rotatable bonds is 3. The molecule has 1 aromatic carbocycles. The number of halogens is 2. The number of nitrogens with one attached hydrogen (secondary N) is 1. The molecule has 82 valence electrons. The van der Waals surface area contributed by atoms with E-state index >= 15 is 0 Å². The average molecular weight is 292 g/mol. The van der Waals surface area contributed by atoms with Crippen molar-refractivity contribution in [1.29, 1.82) is 0 Å². The van der Waals surface area contributed by atoms with Crippen molar-refractivity contribution in [2.24, 2.45) is 5.73 Å². The van der Waals surface area contributed by atoms with Crippen LogP contribution < -0.4 is 11.1 Å². The lowest BCUT2D eigenvalue weighted by Gasteiger charge is -2.09. The van der Waals surface area contributed by atoms with Crippen LogP contribution in [0.15, 0.2) is 22.7 Å². The van der Waals surface area contributed by atoms with Crippen molar-refractivity contribution in [1.82, 2.24) is 5.32 Å². The number of amides is 1. The van der Waals surface area contributed by atoms with Gasteiger partial charge in [0.15, 0.2) is 0 Å². The maximum atomic E-state index is 11.7. The fourth-order valence-corrected chi connectivity index (χ4v) is 1.61. The van der Waals surface area contributed by atoms with E-state index in [2.05, 4.69) is 21.2 Å². The third-order valence-electron chi connectivity index (χ3n) is 1.78. The fraction of sp³-hybridized carbons (Fsp3) is 0.300. The zero-order chi connectivity index (χ0) is 11.4. The smallest absolute Gasteiger partial charge is 0.252 e. The largest absolute Gasteiger partial charge is 0.350 e. The predicted molar refractivity (Wildman–Crippen MR) is 65.1 cm³/mol. The zero-order valence-electron chi connectivity index (χ0n) is 8.26. The van der Waals surface area contributed by atoms with Crippen LogP contribution in [0.25, 0.3) is 0 Å². The van der Waals surface area contributed by atoms with Crippen molar-refractivity contribution in [2.45, 2.75) is 13.0 Å². The second-order valence-corrected chi connectivity index (χ2v) is 4.52. The monoisotopic (exact) mass is 290 g/mol. The van der Waals surface area contributed by atoms with E-state index in [9.17, 15) is 4.79 Å². The van der Waals surface area contributed by atoms with E-state index in [-0.39, 0.29) is 11.9 Å². The molecular weight excluding hydrogens is 279 g/mol. The first-order valence-corrected chi connectivity index (χ1v) is 5.67. The van der Waals surface area contributed by atoms with Crippen molar-refractivity contribution < 1.29 is 4.79 Å². The van der Waals surface area contributed by atoms with E-state index in [1.807, 2.05) is 6.92 Å². The molecule has 0 heterocycles. The molecule has 0 aromatic heterocycles. The summed E-state index contributed by atoms with van der Waals surface area (Å²) in [6.07, 6.45) is 0. The molecule has 0 bridgehead atoms. The van der Waals surface area contributed by atoms with Crippen molar-refractivity contribution in [3.63, 3.8) is 0 Å². The third kappa shape index (κ3) is 3.48. The van der Waals surface area contributed by atoms with Crippen LogP contribution in [-0.2, 0) is 0 Å². The summed E-state index contributed by atoms with van der Waals surface area (Å²) in [6, 6.07) is 5.14. The second kappa shape index (κ2) is 5.49. The molecule has 0 aliphatic carbocycles. The van der Waals surface area contributed by atoms with Gasteiger partial charge < -0.3 is 11.1 Å². The van der Waals surface area contributed by atoms with Crippen LogP contribution in [0.3, 0.4) is 0 Å². The molecular formula is C10H12BrClN2O. The van der Waals surface area contributed by atoms with Crippen LogP contribution in [-0.4, -0.2) is 18.5 Å². The first kappa shape index (κ1) is 12.5. The first-order chi connectivity index (χ1) is 7.02. The highest BCUT2D eigenvalue weighted by atomic mass is 79.9. The van der Waals surface area contributed by atoms with Crippen molar-refractivity contribution in [3.8, 4) is 0 Å². The van der Waals surface area contributed by atoms with Gasteiger partial charge in [-0.05, 0) is 35.0 Å². The molecule has 0 aliphatic rings. The molecule has 0 spiro atoms. The molecule has 1 aromatic rings. The van der Waals surface area contributed by atoms with Gasteiger partial charge in [-0.15, -0.1) is 0 Å². The minimum Gasteiger partial charge on any atom is -0.350 e. The van der Waals surface area contributed by atoms with Gasteiger partial charge in [0, 0.05) is 17.1 Å². The van der Waals surface area contributed by atoms with Gasteiger partial charge in [-0.2, -0.15) is 0 Å². The Hall–Kier alpha value is -0.580. The molecule has 1 amide bonds. The number of benzene rings is 1. The number of carbonyl (C=O) groups excluding carboxylic acids is 1. The van der Waals surface area contributed by atoms with E-state index < -0.39 is 0 Å². The van der Waals surface area contributed by atoms with Crippen LogP contribution in [0, 0.1) is 0 Å². The molecule has 1 rings (SSSR count). The summed E-state index contributed by atoms with van der Waals surface area (Å²) >= 11 is 9.22. The highest BCUT2D eigenvalue weighted by molar-refractivity contribution is 9.10. The van der Waals surface area contributed by atoms with E-state index in [1.165, 1.54) is 0 Å². The Labute approximate surface area is 102 Å². The Morgan fingerprint density at radius 2 is 2.33 bits per heavy atom. The Kier molecular flexibility index (Phi) is 4.57. The van der Waals surface area contributed by atoms with Gasteiger partial charge >= 0.3 is 0 Å². The van der Waals surface area contributed by atoms with Crippen LogP contribution in [0.2, 0.25) is 5.02 Å². The second-order valence-electron chi connectivity index (χ2n) is 3.29. The van der Waals surface area contributed by atoms with Gasteiger partial charge in [0.2, 0.25) is 0 Å². The third-order valence-corrected chi connectivity index (χ3v) is 3.08. The van der Waals surface area contributed by atoms with Crippen molar-refractivity contribution >= 4 is 33.4 Å². The fourth-order valence-electron chi connectivity index (χ4n) is 1.03. The number of carbonyl (C=O) groups is 1. The summed E-state index contributed by atoms with van der Waals surface area (Å²) in [5.41, 5.74) is 5.98. The number of nitrogens with two attached hydrogens (primary N) is 1. The van der Waals surface area contributed by atoms with E-state index in [4.69, 9.17) is 17.3 Å². The van der Waals surface area contributed by atoms with E-state index in [1.54, 1.807) is 18.2 Å². The molecule has 0 radical (unpaired) electrons. The molecule has 0 aliphatic heterocycles. The van der Waals surface area contributed by atoms with E-state index in [0.717, 1.165) is 0 Å². The minimum absolute atomic E-state index is 0.0696. The normalized spacial score (nSPS) is 12.3. The Morgan fingerprint density at radius 1 is 1.67 bits per heavy atom. The average Bonchev–Trinajstić information content (AvgIpc) is 2.18. The predicted octanol–water partition coefficient (Wildman–Crippen LogP) is 2.18. The quantitative estimate of drug-likeness (QED) is 0.897. The lowest BCUT2D eigenvalue weighted by atomic mass is 10.2. The van der Waals surface area contributed by atoms with Crippen LogP contribution in [0.4, 0.5) is 0 Å². The molecule has 1 unspecified atom stereocenters. The lowest BCUT2D eigenvalue weighted by molar-refractivity contribution is 0.0952. The molecule has 0 fully saturated rings. The van der Waals surface area contributed by atoms with E-state index in [0.29, 0.717) is 21.6 Å². The minimum atomic E-state index is -0.210.